The fourth-order valence-corrected chi connectivity index (χ4v) is 2.88. The summed E-state index contributed by atoms with van der Waals surface area (Å²) in [5.74, 6) is -1.32. The van der Waals surface area contributed by atoms with E-state index in [9.17, 15) is 14.4 Å². The van der Waals surface area contributed by atoms with Gasteiger partial charge in [0.1, 0.15) is 5.69 Å². The normalized spacial score (nSPS) is 10.5. The van der Waals surface area contributed by atoms with Crippen LogP contribution in [0.4, 0.5) is 0 Å². The van der Waals surface area contributed by atoms with E-state index < -0.39 is 5.97 Å². The second kappa shape index (κ2) is 7.79. The predicted molar refractivity (Wildman–Crippen MR) is 94.1 cm³/mol. The number of hydrogen-bond donors (Lipinski definition) is 3. The van der Waals surface area contributed by atoms with Crippen LogP contribution in [0.2, 0.25) is 0 Å². The molecule has 2 rings (SSSR count). The number of carbonyl (C=O) groups excluding carboxylic acids is 2. The lowest BCUT2D eigenvalue weighted by atomic mass is 10.0. The average Bonchev–Trinajstić information content (AvgIpc) is 2.90. The van der Waals surface area contributed by atoms with Crippen molar-refractivity contribution in [3.63, 3.8) is 0 Å². The van der Waals surface area contributed by atoms with E-state index in [4.69, 9.17) is 5.11 Å². The van der Waals surface area contributed by atoms with Crippen LogP contribution in [0.25, 0.3) is 0 Å². The number of carbonyl (C=O) groups is 3. The van der Waals surface area contributed by atoms with Gasteiger partial charge in [-0.2, -0.15) is 0 Å². The molecule has 3 N–H and O–H groups in total. The minimum absolute atomic E-state index is 0.0551. The second-order valence-corrected chi connectivity index (χ2v) is 5.97. The molecule has 1 aromatic carbocycles. The van der Waals surface area contributed by atoms with Crippen molar-refractivity contribution in [2.75, 3.05) is 0 Å². The summed E-state index contributed by atoms with van der Waals surface area (Å²) < 4.78 is 0. The number of amides is 1. The maximum atomic E-state index is 12.5. The number of carboxylic acids is 1. The number of H-pyrrole nitrogens is 1. The number of aryl methyl sites for hydroxylation is 1. The van der Waals surface area contributed by atoms with Crippen LogP contribution in [0.15, 0.2) is 24.3 Å². The Hall–Kier alpha value is -2.89. The first-order valence-corrected chi connectivity index (χ1v) is 8.18. The lowest BCUT2D eigenvalue weighted by molar-refractivity contribution is 0.0696. The van der Waals surface area contributed by atoms with E-state index in [-0.39, 0.29) is 23.8 Å². The summed E-state index contributed by atoms with van der Waals surface area (Å²) in [6, 6.07) is 6.33. The fraction of sp³-hybridized carbons (Fsp3) is 0.316. The van der Waals surface area contributed by atoms with Crippen molar-refractivity contribution in [1.82, 2.24) is 10.3 Å². The number of ketones is 1. The lowest BCUT2D eigenvalue weighted by Crippen LogP contribution is -2.24. The summed E-state index contributed by atoms with van der Waals surface area (Å²) in [6.45, 7) is 5.56. The van der Waals surface area contributed by atoms with Gasteiger partial charge in [-0.1, -0.05) is 25.5 Å². The molecule has 1 heterocycles. The molecule has 0 unspecified atom stereocenters. The number of aromatic amines is 1. The SMILES string of the molecule is CCCc1c(C(=O)NCc2ccc(C(=O)O)cc2)[nH]c(C)c1C(C)=O. The molecule has 0 fully saturated rings. The number of hydrogen-bond acceptors (Lipinski definition) is 3. The molecule has 0 radical (unpaired) electrons. The quantitative estimate of drug-likeness (QED) is 0.673. The molecule has 0 saturated heterocycles. The Balaban J connectivity index is 2.16. The first-order chi connectivity index (χ1) is 11.8. The second-order valence-electron chi connectivity index (χ2n) is 5.97. The molecule has 0 aliphatic rings. The van der Waals surface area contributed by atoms with Crippen molar-refractivity contribution in [3.05, 3.63) is 57.9 Å². The average molecular weight is 342 g/mol. The predicted octanol–water partition coefficient (Wildman–Crippen LogP) is 3.11. The molecule has 0 spiro atoms. The van der Waals surface area contributed by atoms with E-state index in [1.54, 1.807) is 19.1 Å². The number of aromatic nitrogens is 1. The monoisotopic (exact) mass is 342 g/mol. The summed E-state index contributed by atoms with van der Waals surface area (Å²) >= 11 is 0. The number of aromatic carboxylic acids is 1. The van der Waals surface area contributed by atoms with E-state index in [0.29, 0.717) is 23.4 Å². The van der Waals surface area contributed by atoms with Gasteiger partial charge in [-0.15, -0.1) is 0 Å². The Bertz CT molecular complexity index is 804. The van der Waals surface area contributed by atoms with Crippen LogP contribution in [-0.4, -0.2) is 27.8 Å². The van der Waals surface area contributed by atoms with E-state index in [1.807, 2.05) is 6.92 Å². The number of Topliss-reactive ketones (excluding diaryl/α,β-unsaturated/α-hetero) is 1. The molecule has 0 aliphatic carbocycles. The third-order valence-electron chi connectivity index (χ3n) is 4.02. The summed E-state index contributed by atoms with van der Waals surface area (Å²) in [6.07, 6.45) is 1.48. The van der Waals surface area contributed by atoms with Crippen LogP contribution in [0.1, 0.15) is 68.3 Å². The molecule has 6 heteroatoms. The maximum Gasteiger partial charge on any atom is 0.335 e. The van der Waals surface area contributed by atoms with Crippen molar-refractivity contribution < 1.29 is 19.5 Å². The molecule has 132 valence electrons. The Labute approximate surface area is 146 Å². The summed E-state index contributed by atoms with van der Waals surface area (Å²) in [5.41, 5.74) is 3.47. The number of rotatable bonds is 7. The highest BCUT2D eigenvalue weighted by molar-refractivity contribution is 6.02. The Morgan fingerprint density at radius 1 is 1.16 bits per heavy atom. The molecule has 0 bridgehead atoms. The number of carboxylic acid groups (broad SMARTS) is 1. The van der Waals surface area contributed by atoms with Crippen LogP contribution in [0, 0.1) is 6.92 Å². The maximum absolute atomic E-state index is 12.5. The van der Waals surface area contributed by atoms with E-state index in [0.717, 1.165) is 17.5 Å². The highest BCUT2D eigenvalue weighted by Gasteiger charge is 2.21. The van der Waals surface area contributed by atoms with Crippen molar-refractivity contribution in [3.8, 4) is 0 Å². The van der Waals surface area contributed by atoms with E-state index >= 15 is 0 Å². The summed E-state index contributed by atoms with van der Waals surface area (Å²) in [7, 11) is 0. The van der Waals surface area contributed by atoms with Gasteiger partial charge in [-0.25, -0.2) is 4.79 Å². The van der Waals surface area contributed by atoms with E-state index in [1.165, 1.54) is 19.1 Å². The van der Waals surface area contributed by atoms with Gasteiger partial charge < -0.3 is 15.4 Å². The number of benzene rings is 1. The Kier molecular flexibility index (Phi) is 5.75. The molecule has 25 heavy (non-hydrogen) atoms. The molecule has 1 amide bonds. The molecule has 0 saturated carbocycles. The molecule has 2 aromatic rings. The highest BCUT2D eigenvalue weighted by atomic mass is 16.4. The summed E-state index contributed by atoms with van der Waals surface area (Å²) in [4.78, 5) is 38.3. The van der Waals surface area contributed by atoms with Gasteiger partial charge in [0.15, 0.2) is 5.78 Å². The van der Waals surface area contributed by atoms with Gasteiger partial charge in [0.05, 0.1) is 5.56 Å². The van der Waals surface area contributed by atoms with Crippen molar-refractivity contribution >= 4 is 17.7 Å². The van der Waals surface area contributed by atoms with Gasteiger partial charge in [0.2, 0.25) is 0 Å². The molecular weight excluding hydrogens is 320 g/mol. The minimum Gasteiger partial charge on any atom is -0.478 e. The lowest BCUT2D eigenvalue weighted by Gasteiger charge is -2.07. The third kappa shape index (κ3) is 4.15. The first kappa shape index (κ1) is 18.4. The topological polar surface area (TPSA) is 99.3 Å². The van der Waals surface area contributed by atoms with Crippen molar-refractivity contribution in [2.45, 2.75) is 40.2 Å². The Morgan fingerprint density at radius 2 is 1.80 bits per heavy atom. The van der Waals surface area contributed by atoms with Gasteiger partial charge in [-0.05, 0) is 43.5 Å². The summed E-state index contributed by atoms with van der Waals surface area (Å²) in [5, 5.41) is 11.7. The Morgan fingerprint density at radius 3 is 2.32 bits per heavy atom. The van der Waals surface area contributed by atoms with Gasteiger partial charge in [-0.3, -0.25) is 9.59 Å². The zero-order valence-electron chi connectivity index (χ0n) is 14.6. The van der Waals surface area contributed by atoms with Crippen LogP contribution >= 0.6 is 0 Å². The van der Waals surface area contributed by atoms with Crippen molar-refractivity contribution in [1.29, 1.82) is 0 Å². The number of nitrogens with one attached hydrogen (secondary N) is 2. The van der Waals surface area contributed by atoms with Crippen LogP contribution in [-0.2, 0) is 13.0 Å². The fourth-order valence-electron chi connectivity index (χ4n) is 2.88. The minimum atomic E-state index is -0.988. The highest BCUT2D eigenvalue weighted by Crippen LogP contribution is 2.21. The largest absolute Gasteiger partial charge is 0.478 e. The standard InChI is InChI=1S/C19H22N2O4/c1-4-5-15-16(12(3)22)11(2)21-17(15)18(23)20-10-13-6-8-14(9-7-13)19(24)25/h6-9,21H,4-5,10H2,1-3H3,(H,20,23)(H,24,25). The molecule has 0 aliphatic heterocycles. The third-order valence-corrected chi connectivity index (χ3v) is 4.02. The molecule has 0 atom stereocenters. The van der Waals surface area contributed by atoms with Crippen LogP contribution in [0.5, 0.6) is 0 Å². The first-order valence-electron chi connectivity index (χ1n) is 8.18. The molecule has 6 nitrogen and oxygen atoms in total. The zero-order valence-corrected chi connectivity index (χ0v) is 14.6. The molecule has 1 aromatic heterocycles. The van der Waals surface area contributed by atoms with Crippen molar-refractivity contribution in [2.24, 2.45) is 0 Å². The smallest absolute Gasteiger partial charge is 0.335 e. The van der Waals surface area contributed by atoms with Gasteiger partial charge >= 0.3 is 5.97 Å². The van der Waals surface area contributed by atoms with E-state index in [2.05, 4.69) is 10.3 Å². The van der Waals surface area contributed by atoms with Crippen LogP contribution in [0.3, 0.4) is 0 Å². The molecular formula is C19H22N2O4. The zero-order chi connectivity index (χ0) is 18.6. The van der Waals surface area contributed by atoms with Gasteiger partial charge in [0.25, 0.3) is 5.91 Å². The van der Waals surface area contributed by atoms with Gasteiger partial charge in [0, 0.05) is 17.8 Å². The van der Waals surface area contributed by atoms with Crippen LogP contribution < -0.4 is 5.32 Å².